The summed E-state index contributed by atoms with van der Waals surface area (Å²) in [7, 11) is 0. The minimum Gasteiger partial charge on any atom is -0.376 e. The predicted molar refractivity (Wildman–Crippen MR) is 90.4 cm³/mol. The van der Waals surface area contributed by atoms with E-state index in [0.717, 1.165) is 43.7 Å². The molecule has 2 heterocycles. The first-order valence-corrected chi connectivity index (χ1v) is 8.49. The Bertz CT molecular complexity index is 537. The third-order valence-electron chi connectivity index (χ3n) is 4.17. The van der Waals surface area contributed by atoms with Crippen molar-refractivity contribution in [2.75, 3.05) is 13.2 Å². The van der Waals surface area contributed by atoms with E-state index in [1.165, 1.54) is 0 Å². The van der Waals surface area contributed by atoms with Crippen LogP contribution in [0.25, 0.3) is 0 Å². The molecule has 2 rings (SSSR count). The Balaban J connectivity index is 2.31. The van der Waals surface area contributed by atoms with Crippen LogP contribution in [0.3, 0.4) is 0 Å². The van der Waals surface area contributed by atoms with Crippen LogP contribution in [-0.4, -0.2) is 23.8 Å². The molecule has 0 aromatic carbocycles. The van der Waals surface area contributed by atoms with Crippen molar-refractivity contribution in [3.05, 3.63) is 33.7 Å². The number of rotatable bonds is 6. The summed E-state index contributed by atoms with van der Waals surface area (Å²) >= 11 is 0. The van der Waals surface area contributed by atoms with Crippen molar-refractivity contribution in [2.45, 2.75) is 71.6 Å². The van der Waals surface area contributed by atoms with Crippen molar-refractivity contribution in [1.82, 2.24) is 9.88 Å². The number of ether oxygens (including phenoxy) is 1. The van der Waals surface area contributed by atoms with Crippen molar-refractivity contribution in [1.29, 1.82) is 0 Å². The lowest BCUT2D eigenvalue weighted by Gasteiger charge is -2.26. The van der Waals surface area contributed by atoms with Crippen LogP contribution in [-0.2, 0) is 23.2 Å². The second-order valence-corrected chi connectivity index (χ2v) is 7.22. The zero-order valence-corrected chi connectivity index (χ0v) is 14.4. The topological polar surface area (TPSA) is 43.3 Å². The molecule has 1 fully saturated rings. The summed E-state index contributed by atoms with van der Waals surface area (Å²) in [5.74, 6) is 0. The van der Waals surface area contributed by atoms with Crippen LogP contribution in [0.15, 0.2) is 16.9 Å². The number of aromatic nitrogens is 1. The van der Waals surface area contributed by atoms with E-state index in [1.807, 2.05) is 10.6 Å². The maximum Gasteiger partial charge on any atom is 0.255 e. The minimum absolute atomic E-state index is 0.0485. The van der Waals surface area contributed by atoms with Gasteiger partial charge in [0.1, 0.15) is 0 Å². The van der Waals surface area contributed by atoms with E-state index in [2.05, 4.69) is 39.1 Å². The third kappa shape index (κ3) is 4.20. The molecular formula is C18H30N2O2. The van der Waals surface area contributed by atoms with E-state index in [9.17, 15) is 4.79 Å². The highest BCUT2D eigenvalue weighted by Gasteiger charge is 2.24. The van der Waals surface area contributed by atoms with Gasteiger partial charge in [0.05, 0.1) is 12.6 Å². The summed E-state index contributed by atoms with van der Waals surface area (Å²) < 4.78 is 7.69. The lowest BCUT2D eigenvalue weighted by Crippen LogP contribution is -2.36. The summed E-state index contributed by atoms with van der Waals surface area (Å²) in [5.41, 5.74) is 2.02. The fourth-order valence-electron chi connectivity index (χ4n) is 2.99. The molecule has 0 saturated carbocycles. The average molecular weight is 306 g/mol. The van der Waals surface area contributed by atoms with Gasteiger partial charge < -0.3 is 14.6 Å². The van der Waals surface area contributed by atoms with Gasteiger partial charge in [0, 0.05) is 29.8 Å². The van der Waals surface area contributed by atoms with E-state index in [4.69, 9.17) is 4.74 Å². The molecule has 1 aromatic rings. The van der Waals surface area contributed by atoms with Crippen LogP contribution in [0.5, 0.6) is 0 Å². The van der Waals surface area contributed by atoms with Crippen LogP contribution in [0.4, 0.5) is 0 Å². The van der Waals surface area contributed by atoms with Gasteiger partial charge in [0.25, 0.3) is 5.56 Å². The van der Waals surface area contributed by atoms with Crippen LogP contribution in [0.2, 0.25) is 0 Å². The first kappa shape index (κ1) is 17.2. The fraction of sp³-hybridized carbons (Fsp3) is 0.722. The summed E-state index contributed by atoms with van der Waals surface area (Å²) in [6.45, 7) is 11.7. The first-order valence-electron chi connectivity index (χ1n) is 8.49. The summed E-state index contributed by atoms with van der Waals surface area (Å²) in [6, 6.07) is 4.09. The molecule has 1 N–H and O–H groups in total. The van der Waals surface area contributed by atoms with Crippen LogP contribution in [0.1, 0.15) is 58.2 Å². The number of hydrogen-bond donors (Lipinski definition) is 1. The highest BCUT2D eigenvalue weighted by molar-refractivity contribution is 5.21. The van der Waals surface area contributed by atoms with Crippen LogP contribution in [0, 0.1) is 0 Å². The lowest BCUT2D eigenvalue weighted by atomic mass is 9.90. The van der Waals surface area contributed by atoms with Crippen molar-refractivity contribution in [3.63, 3.8) is 0 Å². The van der Waals surface area contributed by atoms with Gasteiger partial charge in [-0.15, -0.1) is 0 Å². The average Bonchev–Trinajstić information content (AvgIpc) is 2.94. The number of hydrogen-bond acceptors (Lipinski definition) is 3. The molecule has 4 nitrogen and oxygen atoms in total. The minimum atomic E-state index is -0.0485. The summed E-state index contributed by atoms with van der Waals surface area (Å²) in [4.78, 5) is 12.9. The Kier molecular flexibility index (Phi) is 5.81. The monoisotopic (exact) mass is 306 g/mol. The molecule has 1 saturated heterocycles. The molecule has 0 amide bonds. The van der Waals surface area contributed by atoms with E-state index >= 15 is 0 Å². The molecule has 124 valence electrons. The first-order chi connectivity index (χ1) is 10.4. The zero-order chi connectivity index (χ0) is 16.2. The smallest absolute Gasteiger partial charge is 0.255 e. The highest BCUT2D eigenvalue weighted by Crippen LogP contribution is 2.23. The second kappa shape index (κ2) is 7.42. The number of nitrogens with zero attached hydrogens (tertiary/aromatic N) is 1. The quantitative estimate of drug-likeness (QED) is 0.822. The highest BCUT2D eigenvalue weighted by atomic mass is 16.5. The molecule has 4 heteroatoms. The van der Waals surface area contributed by atoms with Crippen LogP contribution >= 0.6 is 0 Å². The van der Waals surface area contributed by atoms with Crippen molar-refractivity contribution in [2.24, 2.45) is 0 Å². The molecule has 1 atom stereocenters. The van der Waals surface area contributed by atoms with Crippen molar-refractivity contribution < 1.29 is 4.74 Å². The second-order valence-electron chi connectivity index (χ2n) is 7.22. The van der Waals surface area contributed by atoms with Crippen molar-refractivity contribution in [3.8, 4) is 0 Å². The maximum atomic E-state index is 12.9. The van der Waals surface area contributed by atoms with Gasteiger partial charge in [-0.2, -0.15) is 0 Å². The zero-order valence-electron chi connectivity index (χ0n) is 14.4. The molecular weight excluding hydrogens is 276 g/mol. The van der Waals surface area contributed by atoms with Gasteiger partial charge in [-0.25, -0.2) is 0 Å². The molecule has 0 bridgehead atoms. The van der Waals surface area contributed by atoms with E-state index < -0.39 is 0 Å². The van der Waals surface area contributed by atoms with Gasteiger partial charge >= 0.3 is 0 Å². The maximum absolute atomic E-state index is 12.9. The predicted octanol–water partition coefficient (Wildman–Crippen LogP) is 2.82. The Labute approximate surface area is 133 Å². The number of nitrogens with one attached hydrogen (secondary N) is 1. The van der Waals surface area contributed by atoms with Gasteiger partial charge in [-0.1, -0.05) is 33.8 Å². The molecule has 0 radical (unpaired) electrons. The van der Waals surface area contributed by atoms with Gasteiger partial charge in [-0.3, -0.25) is 4.79 Å². The van der Waals surface area contributed by atoms with Gasteiger partial charge in [-0.05, 0) is 31.9 Å². The molecule has 1 unspecified atom stereocenters. The Morgan fingerprint density at radius 3 is 2.73 bits per heavy atom. The summed E-state index contributed by atoms with van der Waals surface area (Å²) in [6.07, 6.45) is 3.40. The normalized spacial score (nSPS) is 18.8. The molecule has 1 aliphatic heterocycles. The molecule has 1 aliphatic rings. The Hall–Kier alpha value is -1.13. The third-order valence-corrected chi connectivity index (χ3v) is 4.17. The molecule has 1 aromatic heterocycles. The van der Waals surface area contributed by atoms with Gasteiger partial charge in [0.2, 0.25) is 0 Å². The van der Waals surface area contributed by atoms with E-state index in [0.29, 0.717) is 13.1 Å². The Morgan fingerprint density at radius 2 is 2.14 bits per heavy atom. The molecule has 0 spiro atoms. The number of pyridine rings is 1. The lowest BCUT2D eigenvalue weighted by molar-refractivity contribution is 0.0946. The summed E-state index contributed by atoms with van der Waals surface area (Å²) in [5, 5.41) is 3.33. The largest absolute Gasteiger partial charge is 0.376 e. The van der Waals surface area contributed by atoms with E-state index in [1.54, 1.807) is 0 Å². The van der Waals surface area contributed by atoms with Crippen LogP contribution < -0.4 is 10.9 Å². The fourth-order valence-corrected chi connectivity index (χ4v) is 2.99. The Morgan fingerprint density at radius 1 is 1.36 bits per heavy atom. The SMILES string of the molecule is CCCNCc1ccc(C(C)(C)C)n(CC2CCCO2)c1=O. The standard InChI is InChI=1S/C18H30N2O2/c1-5-10-19-12-14-8-9-16(18(2,3)4)20(17(14)21)13-15-7-6-11-22-15/h8-9,15,19H,5-7,10-13H2,1-4H3. The van der Waals surface area contributed by atoms with E-state index in [-0.39, 0.29) is 17.1 Å². The molecule has 0 aliphatic carbocycles. The van der Waals surface area contributed by atoms with Gasteiger partial charge in [0.15, 0.2) is 0 Å². The van der Waals surface area contributed by atoms with Crippen molar-refractivity contribution >= 4 is 0 Å². The molecule has 22 heavy (non-hydrogen) atoms.